The van der Waals surface area contributed by atoms with Gasteiger partial charge < -0.3 is 19.9 Å². The molecule has 0 aromatic heterocycles. The van der Waals surface area contributed by atoms with Crippen LogP contribution in [0.4, 0.5) is 0 Å². The average Bonchev–Trinajstić information content (AvgIpc) is 2.83. The first kappa shape index (κ1) is 23.8. The zero-order valence-electron chi connectivity index (χ0n) is 17.8. The molecule has 0 aliphatic rings. The molecule has 0 saturated heterocycles. The molecule has 0 heterocycles. The molecule has 0 atom stereocenters. The normalized spacial score (nSPS) is 10.6. The van der Waals surface area contributed by atoms with Crippen molar-refractivity contribution >= 4 is 34.0 Å². The first-order valence-corrected chi connectivity index (χ1v) is 10.6. The summed E-state index contributed by atoms with van der Waals surface area (Å²) in [6.45, 7) is 0.173. The molecule has 170 valence electrons. The summed E-state index contributed by atoms with van der Waals surface area (Å²) >= 11 is 3.40. The summed E-state index contributed by atoms with van der Waals surface area (Å²) in [5, 5.41) is 3.97. The van der Waals surface area contributed by atoms with Gasteiger partial charge in [-0.25, -0.2) is 5.43 Å². The Kier molecular flexibility index (Phi) is 8.43. The Bertz CT molecular complexity index is 1130. The third-order valence-electron chi connectivity index (χ3n) is 4.37. The molecular formula is C24H22BrN3O5. The maximum atomic E-state index is 12.3. The Morgan fingerprint density at radius 3 is 2.39 bits per heavy atom. The summed E-state index contributed by atoms with van der Waals surface area (Å²) in [5.74, 6) is 0.488. The standard InChI is InChI=1S/C24H22BrN3O5/c1-31-22-12-17(4-11-21(22)33-15-23(26)29)13-27-28-24(30)18-5-9-20(10-6-18)32-14-16-2-7-19(25)8-3-16/h2-13H,14-15H2,1H3,(H2,26,29)(H,28,30). The number of hydrogen-bond acceptors (Lipinski definition) is 6. The molecule has 2 amide bonds. The smallest absolute Gasteiger partial charge is 0.271 e. The molecule has 3 N–H and O–H groups in total. The number of halogens is 1. The zero-order valence-corrected chi connectivity index (χ0v) is 19.4. The summed E-state index contributed by atoms with van der Waals surface area (Å²) in [6, 6.07) is 19.6. The largest absolute Gasteiger partial charge is 0.493 e. The van der Waals surface area contributed by atoms with E-state index in [1.54, 1.807) is 42.5 Å². The zero-order chi connectivity index (χ0) is 23.6. The number of nitrogens with two attached hydrogens (primary N) is 1. The van der Waals surface area contributed by atoms with Crippen molar-refractivity contribution in [2.75, 3.05) is 13.7 Å². The summed E-state index contributed by atoms with van der Waals surface area (Å²) in [7, 11) is 1.47. The van der Waals surface area contributed by atoms with E-state index in [2.05, 4.69) is 26.5 Å². The Morgan fingerprint density at radius 1 is 1.00 bits per heavy atom. The molecule has 33 heavy (non-hydrogen) atoms. The predicted molar refractivity (Wildman–Crippen MR) is 128 cm³/mol. The van der Waals surface area contributed by atoms with E-state index in [1.165, 1.54) is 13.3 Å². The van der Waals surface area contributed by atoms with E-state index < -0.39 is 5.91 Å². The van der Waals surface area contributed by atoms with Crippen molar-refractivity contribution in [1.82, 2.24) is 5.43 Å². The Hall–Kier alpha value is -3.85. The first-order chi connectivity index (χ1) is 15.9. The number of nitrogens with one attached hydrogen (secondary N) is 1. The van der Waals surface area contributed by atoms with E-state index in [9.17, 15) is 9.59 Å². The molecular weight excluding hydrogens is 490 g/mol. The van der Waals surface area contributed by atoms with Gasteiger partial charge in [0, 0.05) is 10.0 Å². The highest BCUT2D eigenvalue weighted by Gasteiger charge is 2.07. The van der Waals surface area contributed by atoms with E-state index in [0.717, 1.165) is 10.0 Å². The van der Waals surface area contributed by atoms with Gasteiger partial charge >= 0.3 is 0 Å². The highest BCUT2D eigenvalue weighted by Crippen LogP contribution is 2.27. The van der Waals surface area contributed by atoms with Crippen LogP contribution in [0.15, 0.2) is 76.3 Å². The fourth-order valence-corrected chi connectivity index (χ4v) is 2.98. The third-order valence-corrected chi connectivity index (χ3v) is 4.90. The quantitative estimate of drug-likeness (QED) is 0.318. The topological polar surface area (TPSA) is 112 Å². The number of rotatable bonds is 10. The first-order valence-electron chi connectivity index (χ1n) is 9.84. The van der Waals surface area contributed by atoms with Gasteiger partial charge in [0.2, 0.25) is 0 Å². The maximum Gasteiger partial charge on any atom is 0.271 e. The van der Waals surface area contributed by atoms with Crippen molar-refractivity contribution in [3.05, 3.63) is 87.9 Å². The van der Waals surface area contributed by atoms with Gasteiger partial charge in [-0.15, -0.1) is 0 Å². The molecule has 0 bridgehead atoms. The van der Waals surface area contributed by atoms with Crippen LogP contribution in [0, 0.1) is 0 Å². The molecule has 3 aromatic carbocycles. The van der Waals surface area contributed by atoms with Crippen LogP contribution in [0.3, 0.4) is 0 Å². The average molecular weight is 512 g/mol. The number of primary amides is 1. The van der Waals surface area contributed by atoms with Gasteiger partial charge in [-0.2, -0.15) is 5.10 Å². The summed E-state index contributed by atoms with van der Waals surface area (Å²) < 4.78 is 17.3. The summed E-state index contributed by atoms with van der Waals surface area (Å²) in [5.41, 5.74) is 9.70. The molecule has 0 aliphatic heterocycles. The van der Waals surface area contributed by atoms with Crippen molar-refractivity contribution in [1.29, 1.82) is 0 Å². The van der Waals surface area contributed by atoms with Gasteiger partial charge in [0.25, 0.3) is 11.8 Å². The maximum absolute atomic E-state index is 12.3. The van der Waals surface area contributed by atoms with Crippen LogP contribution in [0.25, 0.3) is 0 Å². The number of methoxy groups -OCH3 is 1. The van der Waals surface area contributed by atoms with E-state index in [1.807, 2.05) is 24.3 Å². The van der Waals surface area contributed by atoms with Gasteiger partial charge in [0.15, 0.2) is 18.1 Å². The number of carbonyl (C=O) groups is 2. The van der Waals surface area contributed by atoms with Crippen LogP contribution in [0.2, 0.25) is 0 Å². The molecule has 3 aromatic rings. The van der Waals surface area contributed by atoms with Crippen molar-refractivity contribution < 1.29 is 23.8 Å². The van der Waals surface area contributed by atoms with Gasteiger partial charge in [0.05, 0.1) is 13.3 Å². The predicted octanol–water partition coefficient (Wildman–Crippen LogP) is 3.66. The third kappa shape index (κ3) is 7.36. The fraction of sp³-hybridized carbons (Fsp3) is 0.125. The molecule has 9 heteroatoms. The molecule has 0 spiro atoms. The second kappa shape index (κ2) is 11.7. The van der Waals surface area contributed by atoms with E-state index >= 15 is 0 Å². The molecule has 0 radical (unpaired) electrons. The molecule has 0 saturated carbocycles. The number of benzene rings is 3. The number of carbonyl (C=O) groups excluding carboxylic acids is 2. The van der Waals surface area contributed by atoms with Crippen LogP contribution < -0.4 is 25.4 Å². The van der Waals surface area contributed by atoms with Gasteiger partial charge in [-0.05, 0) is 65.7 Å². The minimum Gasteiger partial charge on any atom is -0.493 e. The number of hydrazone groups is 1. The second-order valence-corrected chi connectivity index (χ2v) is 7.72. The Balaban J connectivity index is 1.53. The highest BCUT2D eigenvalue weighted by atomic mass is 79.9. The van der Waals surface area contributed by atoms with E-state index in [4.69, 9.17) is 19.9 Å². The Labute approximate surface area is 199 Å². The lowest BCUT2D eigenvalue weighted by Crippen LogP contribution is -2.20. The molecule has 8 nitrogen and oxygen atoms in total. The van der Waals surface area contributed by atoms with Crippen molar-refractivity contribution in [2.45, 2.75) is 6.61 Å². The molecule has 0 fully saturated rings. The summed E-state index contributed by atoms with van der Waals surface area (Å²) in [6.07, 6.45) is 1.47. The number of ether oxygens (including phenoxy) is 3. The van der Waals surface area contributed by atoms with Gasteiger partial charge in [0.1, 0.15) is 12.4 Å². The van der Waals surface area contributed by atoms with Crippen LogP contribution in [0.1, 0.15) is 21.5 Å². The van der Waals surface area contributed by atoms with Crippen molar-refractivity contribution in [3.63, 3.8) is 0 Å². The minimum atomic E-state index is -0.588. The number of hydrogen-bond donors (Lipinski definition) is 2. The van der Waals surface area contributed by atoms with E-state index in [-0.39, 0.29) is 12.5 Å². The van der Waals surface area contributed by atoms with Crippen LogP contribution in [-0.2, 0) is 11.4 Å². The lowest BCUT2D eigenvalue weighted by atomic mass is 10.2. The minimum absolute atomic E-state index is 0.256. The Morgan fingerprint density at radius 2 is 1.73 bits per heavy atom. The van der Waals surface area contributed by atoms with Crippen LogP contribution in [0.5, 0.6) is 17.2 Å². The number of nitrogens with zero attached hydrogens (tertiary/aromatic N) is 1. The lowest BCUT2D eigenvalue weighted by molar-refractivity contribution is -0.119. The lowest BCUT2D eigenvalue weighted by Gasteiger charge is -2.09. The SMILES string of the molecule is COc1cc(C=NNC(=O)c2ccc(OCc3ccc(Br)cc3)cc2)ccc1OCC(N)=O. The van der Waals surface area contributed by atoms with Gasteiger partial charge in [-0.3, -0.25) is 9.59 Å². The monoisotopic (exact) mass is 511 g/mol. The second-order valence-electron chi connectivity index (χ2n) is 6.80. The van der Waals surface area contributed by atoms with Gasteiger partial charge in [-0.1, -0.05) is 28.1 Å². The summed E-state index contributed by atoms with van der Waals surface area (Å²) in [4.78, 5) is 23.2. The van der Waals surface area contributed by atoms with Crippen molar-refractivity contribution in [3.8, 4) is 17.2 Å². The van der Waals surface area contributed by atoms with Crippen molar-refractivity contribution in [2.24, 2.45) is 10.8 Å². The van der Waals surface area contributed by atoms with E-state index in [0.29, 0.717) is 35.0 Å². The molecule has 0 unspecified atom stereocenters. The van der Waals surface area contributed by atoms with Crippen LogP contribution in [-0.4, -0.2) is 31.7 Å². The fourth-order valence-electron chi connectivity index (χ4n) is 2.71. The molecule has 3 rings (SSSR count). The molecule has 0 aliphatic carbocycles. The number of amides is 2. The highest BCUT2D eigenvalue weighted by molar-refractivity contribution is 9.10. The van der Waals surface area contributed by atoms with Crippen LogP contribution >= 0.6 is 15.9 Å².